The topological polar surface area (TPSA) is 58.6 Å². The molecule has 2 aromatic rings. The van der Waals surface area contributed by atoms with E-state index in [1.807, 2.05) is 13.0 Å². The molecule has 1 N–H and O–H groups in total. The van der Waals surface area contributed by atoms with Gasteiger partial charge in [-0.2, -0.15) is 0 Å². The van der Waals surface area contributed by atoms with Crippen LogP contribution in [0.1, 0.15) is 36.8 Å². The zero-order valence-corrected chi connectivity index (χ0v) is 17.6. The molecule has 1 aliphatic heterocycles. The molecule has 0 spiro atoms. The number of benzene rings is 2. The van der Waals surface area contributed by atoms with Crippen LogP contribution in [0.15, 0.2) is 47.4 Å². The first-order valence-corrected chi connectivity index (χ1v) is 11.5. The van der Waals surface area contributed by atoms with Gasteiger partial charge in [0.05, 0.1) is 7.11 Å². The molecular weight excluding hydrogens is 372 g/mol. The normalized spacial score (nSPS) is 14.9. The molecule has 6 heteroatoms. The fourth-order valence-corrected chi connectivity index (χ4v) is 4.92. The lowest BCUT2D eigenvalue weighted by Gasteiger charge is -2.28. The first-order valence-electron chi connectivity index (χ1n) is 9.98. The number of anilines is 1. The third-order valence-corrected chi connectivity index (χ3v) is 6.68. The highest BCUT2D eigenvalue weighted by Crippen LogP contribution is 2.24. The van der Waals surface area contributed by atoms with E-state index < -0.39 is 10.0 Å². The fraction of sp³-hybridized carbons (Fsp3) is 0.455. The number of sulfonamides is 1. The number of hydrogen-bond donors (Lipinski definition) is 1. The zero-order valence-electron chi connectivity index (χ0n) is 16.8. The minimum Gasteiger partial charge on any atom is -0.495 e. The van der Waals surface area contributed by atoms with Crippen LogP contribution in [0.4, 0.5) is 5.69 Å². The van der Waals surface area contributed by atoms with E-state index in [1.54, 1.807) is 12.1 Å². The number of ether oxygens (including phenoxy) is 1. The molecule has 152 valence electrons. The lowest BCUT2D eigenvalue weighted by Crippen LogP contribution is -2.29. The molecular formula is C22H30N2O3S. The van der Waals surface area contributed by atoms with Crippen LogP contribution in [-0.2, 0) is 16.4 Å². The lowest BCUT2D eigenvalue weighted by atomic mass is 10.1. The largest absolute Gasteiger partial charge is 0.495 e. The van der Waals surface area contributed by atoms with Gasteiger partial charge in [0, 0.05) is 25.3 Å². The van der Waals surface area contributed by atoms with Crippen LogP contribution in [0.25, 0.3) is 0 Å². The van der Waals surface area contributed by atoms with Gasteiger partial charge < -0.3 is 9.64 Å². The van der Waals surface area contributed by atoms with Crippen molar-refractivity contribution in [2.45, 2.75) is 43.9 Å². The minimum atomic E-state index is -3.58. The highest BCUT2D eigenvalue weighted by atomic mass is 32.2. The second-order valence-corrected chi connectivity index (χ2v) is 9.11. The molecule has 5 nitrogen and oxygen atoms in total. The third kappa shape index (κ3) is 5.26. The Hall–Kier alpha value is -2.05. The van der Waals surface area contributed by atoms with Crippen molar-refractivity contribution in [3.8, 4) is 5.75 Å². The summed E-state index contributed by atoms with van der Waals surface area (Å²) < 4.78 is 33.1. The van der Waals surface area contributed by atoms with Crippen molar-refractivity contribution in [1.29, 1.82) is 0 Å². The number of nitrogens with zero attached hydrogens (tertiary/aromatic N) is 1. The van der Waals surface area contributed by atoms with Gasteiger partial charge in [0.2, 0.25) is 10.0 Å². The predicted octanol–water partition coefficient (Wildman–Crippen LogP) is 3.91. The summed E-state index contributed by atoms with van der Waals surface area (Å²) >= 11 is 0. The van der Waals surface area contributed by atoms with E-state index in [0.717, 1.165) is 31.5 Å². The van der Waals surface area contributed by atoms with Crippen molar-refractivity contribution < 1.29 is 13.2 Å². The monoisotopic (exact) mass is 402 g/mol. The van der Waals surface area contributed by atoms with Gasteiger partial charge in [-0.05, 0) is 74.4 Å². The predicted molar refractivity (Wildman–Crippen MR) is 114 cm³/mol. The Kier molecular flexibility index (Phi) is 6.97. The quantitative estimate of drug-likeness (QED) is 0.680. The lowest BCUT2D eigenvalue weighted by molar-refractivity contribution is 0.402. The maximum Gasteiger partial charge on any atom is 0.244 e. The van der Waals surface area contributed by atoms with E-state index in [2.05, 4.69) is 33.9 Å². The number of methoxy groups -OCH3 is 1. The smallest absolute Gasteiger partial charge is 0.244 e. The summed E-state index contributed by atoms with van der Waals surface area (Å²) in [4.78, 5) is 2.64. The van der Waals surface area contributed by atoms with Crippen molar-refractivity contribution in [3.63, 3.8) is 0 Å². The molecule has 0 amide bonds. The molecule has 0 aromatic heterocycles. The third-order valence-electron chi connectivity index (χ3n) is 5.20. The van der Waals surface area contributed by atoms with Crippen molar-refractivity contribution in [2.24, 2.45) is 0 Å². The average molecular weight is 403 g/mol. The van der Waals surface area contributed by atoms with Crippen LogP contribution in [-0.4, -0.2) is 35.2 Å². The highest BCUT2D eigenvalue weighted by molar-refractivity contribution is 7.89. The first-order chi connectivity index (χ1) is 13.5. The Labute approximate surface area is 168 Å². The van der Waals surface area contributed by atoms with Crippen LogP contribution in [0, 0.1) is 6.92 Å². The molecule has 2 aromatic carbocycles. The molecule has 1 aliphatic rings. The molecule has 1 fully saturated rings. The molecule has 3 rings (SSSR count). The Balaban J connectivity index is 1.52. The number of rotatable bonds is 8. The van der Waals surface area contributed by atoms with Crippen LogP contribution >= 0.6 is 0 Å². The van der Waals surface area contributed by atoms with Gasteiger partial charge in [0.25, 0.3) is 0 Å². The van der Waals surface area contributed by atoms with Gasteiger partial charge in [-0.15, -0.1) is 0 Å². The summed E-state index contributed by atoms with van der Waals surface area (Å²) in [5.41, 5.74) is 3.40. The minimum absolute atomic E-state index is 0.195. The highest BCUT2D eigenvalue weighted by Gasteiger charge is 2.19. The van der Waals surface area contributed by atoms with Gasteiger partial charge in [-0.3, -0.25) is 0 Å². The van der Waals surface area contributed by atoms with Crippen molar-refractivity contribution in [2.75, 3.05) is 31.6 Å². The fourth-order valence-electron chi connectivity index (χ4n) is 3.60. The second-order valence-electron chi connectivity index (χ2n) is 7.37. The molecule has 28 heavy (non-hydrogen) atoms. The van der Waals surface area contributed by atoms with E-state index in [4.69, 9.17) is 4.74 Å². The molecule has 0 bridgehead atoms. The van der Waals surface area contributed by atoms with Gasteiger partial charge in [-0.1, -0.05) is 18.2 Å². The van der Waals surface area contributed by atoms with E-state index >= 15 is 0 Å². The van der Waals surface area contributed by atoms with E-state index in [-0.39, 0.29) is 4.90 Å². The molecule has 0 saturated carbocycles. The summed E-state index contributed by atoms with van der Waals surface area (Å²) in [6.45, 7) is 4.55. The maximum atomic E-state index is 12.6. The first kappa shape index (κ1) is 20.7. The molecule has 0 atom stereocenters. The average Bonchev–Trinajstić information content (AvgIpc) is 2.72. The van der Waals surface area contributed by atoms with Gasteiger partial charge in [0.15, 0.2) is 0 Å². The number of piperidine rings is 1. The summed E-state index contributed by atoms with van der Waals surface area (Å²) in [5.74, 6) is 0.367. The summed E-state index contributed by atoms with van der Waals surface area (Å²) in [5, 5.41) is 0. The SMILES string of the molecule is COc1ccc(C)cc1S(=O)(=O)NCCCc1ccc(N2CCCCC2)cc1. The standard InChI is InChI=1S/C22H30N2O3S/c1-18-8-13-21(27-2)22(17-18)28(25,26)23-14-6-7-19-9-11-20(12-10-19)24-15-4-3-5-16-24/h8-13,17,23H,3-7,14-16H2,1-2H3. The number of nitrogens with one attached hydrogen (secondary N) is 1. The molecule has 1 saturated heterocycles. The summed E-state index contributed by atoms with van der Waals surface area (Å²) in [7, 11) is -2.10. The number of hydrogen-bond acceptors (Lipinski definition) is 4. The van der Waals surface area contributed by atoms with Crippen LogP contribution in [0.2, 0.25) is 0 Å². The Morgan fingerprint density at radius 1 is 1.04 bits per heavy atom. The van der Waals surface area contributed by atoms with Crippen LogP contribution in [0.5, 0.6) is 5.75 Å². The molecule has 1 heterocycles. The molecule has 0 aliphatic carbocycles. The summed E-state index contributed by atoms with van der Waals surface area (Å²) in [6.07, 6.45) is 5.46. The van der Waals surface area contributed by atoms with Crippen LogP contribution < -0.4 is 14.4 Å². The van der Waals surface area contributed by atoms with Gasteiger partial charge in [0.1, 0.15) is 10.6 Å². The molecule has 0 unspecified atom stereocenters. The van der Waals surface area contributed by atoms with Crippen LogP contribution in [0.3, 0.4) is 0 Å². The van der Waals surface area contributed by atoms with Crippen molar-refractivity contribution in [3.05, 3.63) is 53.6 Å². The number of aryl methyl sites for hydroxylation is 2. The zero-order chi connectivity index (χ0) is 20.0. The summed E-state index contributed by atoms with van der Waals surface area (Å²) in [6, 6.07) is 13.8. The Morgan fingerprint density at radius 2 is 1.75 bits per heavy atom. The Morgan fingerprint density at radius 3 is 2.43 bits per heavy atom. The van der Waals surface area contributed by atoms with Gasteiger partial charge >= 0.3 is 0 Å². The van der Waals surface area contributed by atoms with Crippen molar-refractivity contribution in [1.82, 2.24) is 4.72 Å². The van der Waals surface area contributed by atoms with Crippen molar-refractivity contribution >= 4 is 15.7 Å². The maximum absolute atomic E-state index is 12.6. The van der Waals surface area contributed by atoms with E-state index in [9.17, 15) is 8.42 Å². The Bertz CT molecular complexity index is 873. The molecule has 0 radical (unpaired) electrons. The second kappa shape index (κ2) is 9.43. The van der Waals surface area contributed by atoms with Gasteiger partial charge in [-0.25, -0.2) is 13.1 Å². The van der Waals surface area contributed by atoms with E-state index in [0.29, 0.717) is 12.3 Å². The van der Waals surface area contributed by atoms with E-state index in [1.165, 1.54) is 37.6 Å².